The third-order valence-corrected chi connectivity index (χ3v) is 5.64. The molecule has 29 heavy (non-hydrogen) atoms. The van der Waals surface area contributed by atoms with Crippen LogP contribution in [-0.4, -0.2) is 60.9 Å². The highest BCUT2D eigenvalue weighted by molar-refractivity contribution is 5.83. The molecule has 2 aromatic rings. The summed E-state index contributed by atoms with van der Waals surface area (Å²) >= 11 is 0. The van der Waals surface area contributed by atoms with E-state index in [1.54, 1.807) is 12.1 Å². The zero-order valence-corrected chi connectivity index (χ0v) is 16.0. The van der Waals surface area contributed by atoms with Crippen molar-refractivity contribution < 1.29 is 18.0 Å². The van der Waals surface area contributed by atoms with Gasteiger partial charge in [0.2, 0.25) is 5.91 Å². The Bertz CT molecular complexity index is 853. The molecule has 0 saturated carbocycles. The first-order valence-electron chi connectivity index (χ1n) is 9.81. The minimum Gasteiger partial charge on any atom is -0.367 e. The van der Waals surface area contributed by atoms with E-state index in [1.807, 2.05) is 40.1 Å². The van der Waals surface area contributed by atoms with E-state index in [0.717, 1.165) is 5.56 Å². The highest BCUT2D eigenvalue weighted by Gasteiger charge is 2.43. The lowest BCUT2D eigenvalue weighted by Crippen LogP contribution is -2.51. The minimum absolute atomic E-state index is 0.0703. The van der Waals surface area contributed by atoms with Crippen LogP contribution in [0.15, 0.2) is 48.5 Å². The molecule has 0 aromatic heterocycles. The van der Waals surface area contributed by atoms with Crippen molar-refractivity contribution in [1.29, 1.82) is 0 Å². The zero-order chi connectivity index (χ0) is 20.4. The van der Waals surface area contributed by atoms with Gasteiger partial charge in [-0.1, -0.05) is 36.4 Å². The Labute approximate surface area is 168 Å². The van der Waals surface area contributed by atoms with Crippen molar-refractivity contribution in [2.75, 3.05) is 44.2 Å². The second-order valence-corrected chi connectivity index (χ2v) is 7.58. The molecule has 1 amide bonds. The molecule has 2 aliphatic heterocycles. The van der Waals surface area contributed by atoms with Crippen LogP contribution in [0, 0.1) is 11.9 Å². The molecule has 2 saturated heterocycles. The van der Waals surface area contributed by atoms with E-state index in [1.165, 1.54) is 11.0 Å². The van der Waals surface area contributed by atoms with Crippen LogP contribution in [0.3, 0.4) is 0 Å². The molecule has 2 aliphatic rings. The number of hydrogen-bond donors (Lipinski definition) is 0. The van der Waals surface area contributed by atoms with Gasteiger partial charge < -0.3 is 9.80 Å². The van der Waals surface area contributed by atoms with Crippen molar-refractivity contribution in [3.05, 3.63) is 66.0 Å². The van der Waals surface area contributed by atoms with Crippen LogP contribution in [0.5, 0.6) is 0 Å². The minimum atomic E-state index is -2.82. The molecule has 1 atom stereocenters. The molecule has 7 heteroatoms. The van der Waals surface area contributed by atoms with Crippen LogP contribution in [-0.2, 0) is 4.79 Å². The van der Waals surface area contributed by atoms with Gasteiger partial charge in [0.25, 0.3) is 5.92 Å². The lowest BCUT2D eigenvalue weighted by Gasteiger charge is -2.40. The lowest BCUT2D eigenvalue weighted by molar-refractivity contribution is -0.138. The van der Waals surface area contributed by atoms with E-state index in [0.29, 0.717) is 31.9 Å². The summed E-state index contributed by atoms with van der Waals surface area (Å²) in [5.74, 6) is -3.43. The number of benzene rings is 2. The fourth-order valence-electron chi connectivity index (χ4n) is 4.12. The number of nitrogens with zero attached hydrogens (tertiary/aromatic N) is 3. The van der Waals surface area contributed by atoms with Gasteiger partial charge in [0.1, 0.15) is 11.9 Å². The van der Waals surface area contributed by atoms with Gasteiger partial charge in [-0.2, -0.15) is 0 Å². The molecule has 2 heterocycles. The summed E-state index contributed by atoms with van der Waals surface area (Å²) in [6, 6.07) is 16.1. The summed E-state index contributed by atoms with van der Waals surface area (Å²) in [6.07, 6.45) is -0.293. The molecular formula is C22H23F3N3O. The number of carbonyl (C=O) groups is 1. The first-order valence-corrected chi connectivity index (χ1v) is 9.81. The number of rotatable bonds is 4. The van der Waals surface area contributed by atoms with Crippen LogP contribution in [0.25, 0.3) is 0 Å². The van der Waals surface area contributed by atoms with Crippen molar-refractivity contribution in [2.24, 2.45) is 0 Å². The maximum absolute atomic E-state index is 14.1. The Hall–Kier alpha value is -2.54. The van der Waals surface area contributed by atoms with Crippen molar-refractivity contribution in [3.8, 4) is 0 Å². The van der Waals surface area contributed by atoms with Crippen LogP contribution >= 0.6 is 0 Å². The van der Waals surface area contributed by atoms with Gasteiger partial charge in [-0.15, -0.1) is 0 Å². The van der Waals surface area contributed by atoms with E-state index in [-0.39, 0.29) is 24.7 Å². The van der Waals surface area contributed by atoms with Crippen LogP contribution < -0.4 is 4.90 Å². The third-order valence-electron chi connectivity index (χ3n) is 5.64. The topological polar surface area (TPSA) is 26.8 Å². The van der Waals surface area contributed by atoms with Crippen molar-refractivity contribution in [3.63, 3.8) is 0 Å². The number of piperazine rings is 1. The Kier molecular flexibility index (Phi) is 5.50. The molecule has 2 aromatic carbocycles. The predicted octanol–water partition coefficient (Wildman–Crippen LogP) is 3.36. The summed E-state index contributed by atoms with van der Waals surface area (Å²) in [5.41, 5.74) is 1.31. The smallest absolute Gasteiger partial charge is 0.267 e. The molecule has 0 bridgehead atoms. The number of alkyl halides is 2. The lowest BCUT2D eigenvalue weighted by atomic mass is 10.0. The molecular weight excluding hydrogens is 379 g/mol. The predicted molar refractivity (Wildman–Crippen MR) is 104 cm³/mol. The SMILES string of the molecule is O=C(C(c1ccccc1)N1CCN(c2cc[c]cc2F)CC1)N1CCC(F)(F)C1. The fourth-order valence-corrected chi connectivity index (χ4v) is 4.12. The van der Waals surface area contributed by atoms with Gasteiger partial charge in [-0.3, -0.25) is 9.69 Å². The standard InChI is InChI=1S/C22H23F3N3O/c23-18-8-4-5-9-19(18)26-12-14-27(15-13-26)20(17-6-2-1-3-7-17)21(29)28-11-10-22(24,25)16-28/h1-3,5-9,20H,10-16H2. The maximum atomic E-state index is 14.1. The number of carbonyl (C=O) groups excluding carboxylic acids is 1. The summed E-state index contributed by atoms with van der Waals surface area (Å²) < 4.78 is 41.5. The first kappa shape index (κ1) is 19.8. The first-order chi connectivity index (χ1) is 13.9. The summed E-state index contributed by atoms with van der Waals surface area (Å²) in [7, 11) is 0. The van der Waals surface area contributed by atoms with Gasteiger partial charge in [0, 0.05) is 39.1 Å². The van der Waals surface area contributed by atoms with Gasteiger partial charge in [0.15, 0.2) is 0 Å². The fraction of sp³-hybridized carbons (Fsp3) is 0.409. The molecule has 4 rings (SSSR count). The summed E-state index contributed by atoms with van der Waals surface area (Å²) in [4.78, 5) is 18.4. The monoisotopic (exact) mass is 402 g/mol. The highest BCUT2D eigenvalue weighted by atomic mass is 19.3. The van der Waals surface area contributed by atoms with Crippen molar-refractivity contribution >= 4 is 11.6 Å². The average molecular weight is 402 g/mol. The third kappa shape index (κ3) is 4.24. The second-order valence-electron chi connectivity index (χ2n) is 7.58. The van der Waals surface area contributed by atoms with E-state index >= 15 is 0 Å². The average Bonchev–Trinajstić information content (AvgIpc) is 3.10. The van der Waals surface area contributed by atoms with E-state index in [4.69, 9.17) is 0 Å². The molecule has 2 fully saturated rings. The number of halogens is 3. The molecule has 0 aliphatic carbocycles. The molecule has 153 valence electrons. The van der Waals surface area contributed by atoms with Crippen molar-refractivity contribution in [2.45, 2.75) is 18.4 Å². The Morgan fingerprint density at radius 1 is 1.03 bits per heavy atom. The quantitative estimate of drug-likeness (QED) is 0.785. The number of amides is 1. The largest absolute Gasteiger partial charge is 0.367 e. The van der Waals surface area contributed by atoms with Gasteiger partial charge in [-0.25, -0.2) is 13.2 Å². The van der Waals surface area contributed by atoms with Gasteiger partial charge in [-0.05, 0) is 23.8 Å². The Balaban J connectivity index is 1.52. The van der Waals surface area contributed by atoms with Crippen LogP contribution in [0.4, 0.5) is 18.9 Å². The number of likely N-dealkylation sites (tertiary alicyclic amines) is 1. The van der Waals surface area contributed by atoms with Gasteiger partial charge in [0.05, 0.1) is 12.2 Å². The summed E-state index contributed by atoms with van der Waals surface area (Å²) in [5, 5.41) is 0. The molecule has 0 spiro atoms. The van der Waals surface area contributed by atoms with E-state index < -0.39 is 18.5 Å². The molecule has 1 unspecified atom stereocenters. The second kappa shape index (κ2) is 8.06. The number of hydrogen-bond acceptors (Lipinski definition) is 3. The van der Waals surface area contributed by atoms with E-state index in [2.05, 4.69) is 6.07 Å². The molecule has 4 nitrogen and oxygen atoms in total. The summed E-state index contributed by atoms with van der Waals surface area (Å²) in [6.45, 7) is 1.71. The molecule has 1 radical (unpaired) electrons. The zero-order valence-electron chi connectivity index (χ0n) is 16.0. The normalized spacial score (nSPS) is 20.7. The van der Waals surface area contributed by atoms with Crippen LogP contribution in [0.2, 0.25) is 0 Å². The molecule has 0 N–H and O–H groups in total. The number of anilines is 1. The Morgan fingerprint density at radius 2 is 1.76 bits per heavy atom. The Morgan fingerprint density at radius 3 is 2.38 bits per heavy atom. The van der Waals surface area contributed by atoms with E-state index in [9.17, 15) is 18.0 Å². The van der Waals surface area contributed by atoms with Crippen LogP contribution in [0.1, 0.15) is 18.0 Å². The van der Waals surface area contributed by atoms with Gasteiger partial charge >= 0.3 is 0 Å². The van der Waals surface area contributed by atoms with Crippen molar-refractivity contribution in [1.82, 2.24) is 9.80 Å². The maximum Gasteiger partial charge on any atom is 0.267 e. The highest BCUT2D eigenvalue weighted by Crippen LogP contribution is 2.32.